The van der Waals surface area contributed by atoms with Crippen LogP contribution < -0.4 is 0 Å². The molecule has 0 amide bonds. The number of nitrogens with zero attached hydrogens (tertiary/aromatic N) is 4. The Morgan fingerprint density at radius 1 is 1.60 bits per heavy atom. The minimum Gasteiger partial charge on any atom is -0.481 e. The molecule has 0 aliphatic heterocycles. The minimum atomic E-state index is -0.872. The molecule has 0 fully saturated rings. The number of hydrogen-bond donors (Lipinski definition) is 1. The minimum absolute atomic E-state index is 0.00443. The molecule has 20 heavy (non-hydrogen) atoms. The van der Waals surface area contributed by atoms with Gasteiger partial charge in [-0.1, -0.05) is 6.07 Å². The zero-order chi connectivity index (χ0) is 14.7. The van der Waals surface area contributed by atoms with Crippen molar-refractivity contribution in [2.45, 2.75) is 19.4 Å². The van der Waals surface area contributed by atoms with Crippen molar-refractivity contribution in [2.24, 2.45) is 0 Å². The summed E-state index contributed by atoms with van der Waals surface area (Å²) in [6.45, 7) is 2.17. The number of nitriles is 1. The Morgan fingerprint density at radius 2 is 2.35 bits per heavy atom. The zero-order valence-corrected chi connectivity index (χ0v) is 11.4. The van der Waals surface area contributed by atoms with Crippen LogP contribution in [0.15, 0.2) is 24.4 Å². The van der Waals surface area contributed by atoms with Crippen LogP contribution in [0.1, 0.15) is 23.9 Å². The van der Waals surface area contributed by atoms with Gasteiger partial charge < -0.3 is 9.51 Å². The SMILES string of the molecule is Cc1nc2ccccn2c1C(C#N)N(C)CCC(=O)O. The second kappa shape index (κ2) is 5.72. The third kappa shape index (κ3) is 2.63. The first-order chi connectivity index (χ1) is 9.54. The number of carboxylic acids is 1. The van der Waals surface area contributed by atoms with Gasteiger partial charge in [0.15, 0.2) is 0 Å². The van der Waals surface area contributed by atoms with Crippen molar-refractivity contribution in [1.29, 1.82) is 5.26 Å². The highest BCUT2D eigenvalue weighted by molar-refractivity contribution is 5.66. The van der Waals surface area contributed by atoms with Crippen molar-refractivity contribution >= 4 is 11.6 Å². The standard InChI is InChI=1S/C14H16N4O2/c1-10-14(18-7-4-3-5-12(18)16-10)11(9-15)17(2)8-6-13(19)20/h3-5,7,11H,6,8H2,1-2H3,(H,19,20). The molecule has 1 atom stereocenters. The van der Waals surface area contributed by atoms with Crippen molar-refractivity contribution in [3.05, 3.63) is 35.8 Å². The van der Waals surface area contributed by atoms with Crippen molar-refractivity contribution in [3.63, 3.8) is 0 Å². The maximum absolute atomic E-state index is 10.7. The fourth-order valence-electron chi connectivity index (χ4n) is 2.23. The smallest absolute Gasteiger partial charge is 0.304 e. The molecule has 6 nitrogen and oxygen atoms in total. The van der Waals surface area contributed by atoms with Gasteiger partial charge in [-0.15, -0.1) is 0 Å². The van der Waals surface area contributed by atoms with E-state index in [1.807, 2.05) is 35.7 Å². The molecule has 1 unspecified atom stereocenters. The van der Waals surface area contributed by atoms with E-state index in [0.717, 1.165) is 17.0 Å². The number of rotatable bonds is 5. The quantitative estimate of drug-likeness (QED) is 0.894. The van der Waals surface area contributed by atoms with E-state index >= 15 is 0 Å². The highest BCUT2D eigenvalue weighted by atomic mass is 16.4. The number of hydrogen-bond acceptors (Lipinski definition) is 4. The molecular formula is C14H16N4O2. The van der Waals surface area contributed by atoms with Gasteiger partial charge in [0.05, 0.1) is 23.9 Å². The van der Waals surface area contributed by atoms with Gasteiger partial charge in [0.2, 0.25) is 0 Å². The van der Waals surface area contributed by atoms with Crippen LogP contribution in [0, 0.1) is 18.3 Å². The summed E-state index contributed by atoms with van der Waals surface area (Å²) in [7, 11) is 1.75. The Bertz CT molecular complexity index is 671. The molecule has 0 saturated carbocycles. The first-order valence-electron chi connectivity index (χ1n) is 6.30. The highest BCUT2D eigenvalue weighted by Crippen LogP contribution is 2.23. The summed E-state index contributed by atoms with van der Waals surface area (Å²) in [5.41, 5.74) is 2.35. The molecule has 1 N–H and O–H groups in total. The number of aliphatic carboxylic acids is 1. The molecule has 0 spiro atoms. The maximum Gasteiger partial charge on any atom is 0.304 e. The molecule has 2 rings (SSSR count). The Labute approximate surface area is 116 Å². The van der Waals surface area contributed by atoms with Gasteiger partial charge in [0.1, 0.15) is 11.7 Å². The maximum atomic E-state index is 10.7. The van der Waals surface area contributed by atoms with Crippen LogP contribution in [0.4, 0.5) is 0 Å². The van der Waals surface area contributed by atoms with Gasteiger partial charge in [0, 0.05) is 12.7 Å². The molecule has 2 aromatic rings. The first-order valence-corrected chi connectivity index (χ1v) is 6.30. The summed E-state index contributed by atoms with van der Waals surface area (Å²) < 4.78 is 1.88. The van der Waals surface area contributed by atoms with Crippen LogP contribution in [0.3, 0.4) is 0 Å². The van der Waals surface area contributed by atoms with Crippen LogP contribution in [0.5, 0.6) is 0 Å². The average molecular weight is 272 g/mol. The van der Waals surface area contributed by atoms with Gasteiger partial charge in [-0.2, -0.15) is 5.26 Å². The van der Waals surface area contributed by atoms with E-state index < -0.39 is 12.0 Å². The fraction of sp³-hybridized carbons (Fsp3) is 0.357. The lowest BCUT2D eigenvalue weighted by Crippen LogP contribution is -2.27. The predicted molar refractivity (Wildman–Crippen MR) is 73.2 cm³/mol. The molecule has 104 valence electrons. The number of carbonyl (C=O) groups is 1. The summed E-state index contributed by atoms with van der Waals surface area (Å²) >= 11 is 0. The number of imidazole rings is 1. The van der Waals surface area contributed by atoms with Crippen molar-refractivity contribution in [1.82, 2.24) is 14.3 Å². The topological polar surface area (TPSA) is 81.6 Å². The summed E-state index contributed by atoms with van der Waals surface area (Å²) in [5, 5.41) is 18.2. The molecule has 0 radical (unpaired) electrons. The molecule has 0 aliphatic rings. The molecular weight excluding hydrogens is 256 g/mol. The number of pyridine rings is 1. The van der Waals surface area contributed by atoms with E-state index in [0.29, 0.717) is 6.54 Å². The average Bonchev–Trinajstić information content (AvgIpc) is 2.74. The monoisotopic (exact) mass is 272 g/mol. The normalized spacial score (nSPS) is 12.5. The van der Waals surface area contributed by atoms with Crippen LogP contribution in [0.25, 0.3) is 5.65 Å². The second-order valence-corrected chi connectivity index (χ2v) is 4.67. The Hall–Kier alpha value is -2.39. The predicted octanol–water partition coefficient (Wildman–Crippen LogP) is 1.61. The second-order valence-electron chi connectivity index (χ2n) is 4.67. The lowest BCUT2D eigenvalue weighted by atomic mass is 10.1. The van der Waals surface area contributed by atoms with Crippen molar-refractivity contribution < 1.29 is 9.90 Å². The molecule has 0 aromatic carbocycles. The third-order valence-corrected chi connectivity index (χ3v) is 3.25. The Morgan fingerprint density at radius 3 is 3.00 bits per heavy atom. The fourth-order valence-corrected chi connectivity index (χ4v) is 2.23. The van der Waals surface area contributed by atoms with Gasteiger partial charge in [-0.05, 0) is 26.1 Å². The van der Waals surface area contributed by atoms with Crippen molar-refractivity contribution in [3.8, 4) is 6.07 Å². The van der Waals surface area contributed by atoms with Gasteiger partial charge >= 0.3 is 5.97 Å². The van der Waals surface area contributed by atoms with E-state index in [-0.39, 0.29) is 6.42 Å². The van der Waals surface area contributed by atoms with Gasteiger partial charge in [-0.25, -0.2) is 4.98 Å². The van der Waals surface area contributed by atoms with E-state index in [1.165, 1.54) is 0 Å². The number of carboxylic acid groups (broad SMARTS) is 1. The molecule has 2 aromatic heterocycles. The highest BCUT2D eigenvalue weighted by Gasteiger charge is 2.23. The summed E-state index contributed by atoms with van der Waals surface area (Å²) in [4.78, 5) is 16.8. The van der Waals surface area contributed by atoms with E-state index in [4.69, 9.17) is 5.11 Å². The largest absolute Gasteiger partial charge is 0.481 e. The van der Waals surface area contributed by atoms with E-state index in [1.54, 1.807) is 11.9 Å². The summed E-state index contributed by atoms with van der Waals surface area (Å²) in [6, 6.07) is 7.36. The first kappa shape index (κ1) is 14.0. The van der Waals surface area contributed by atoms with Gasteiger partial charge in [0.25, 0.3) is 0 Å². The number of aromatic nitrogens is 2. The lowest BCUT2D eigenvalue weighted by molar-refractivity contribution is -0.137. The zero-order valence-electron chi connectivity index (χ0n) is 11.4. The summed E-state index contributed by atoms with van der Waals surface area (Å²) in [5.74, 6) is -0.872. The lowest BCUT2D eigenvalue weighted by Gasteiger charge is -2.22. The Balaban J connectivity index is 2.37. The van der Waals surface area contributed by atoms with Gasteiger partial charge in [-0.3, -0.25) is 9.69 Å². The van der Waals surface area contributed by atoms with Crippen LogP contribution >= 0.6 is 0 Å². The molecule has 0 aliphatic carbocycles. The number of fused-ring (bicyclic) bond motifs is 1. The molecule has 6 heteroatoms. The summed E-state index contributed by atoms with van der Waals surface area (Å²) in [6.07, 6.45) is 1.87. The Kier molecular flexibility index (Phi) is 4.01. The third-order valence-electron chi connectivity index (χ3n) is 3.25. The molecule has 0 bridgehead atoms. The molecule has 2 heterocycles. The van der Waals surface area contributed by atoms with E-state index in [2.05, 4.69) is 11.1 Å². The van der Waals surface area contributed by atoms with Crippen LogP contribution in [0.2, 0.25) is 0 Å². The number of aryl methyl sites for hydroxylation is 1. The van der Waals surface area contributed by atoms with Crippen molar-refractivity contribution in [2.75, 3.05) is 13.6 Å². The van der Waals surface area contributed by atoms with Crippen LogP contribution in [-0.4, -0.2) is 39.0 Å². The van der Waals surface area contributed by atoms with E-state index in [9.17, 15) is 10.1 Å². The van der Waals surface area contributed by atoms with Crippen LogP contribution in [-0.2, 0) is 4.79 Å². The molecule has 0 saturated heterocycles.